The van der Waals surface area contributed by atoms with E-state index in [0.29, 0.717) is 0 Å². The van der Waals surface area contributed by atoms with Crippen molar-refractivity contribution in [3.8, 4) is 0 Å². The van der Waals surface area contributed by atoms with Crippen molar-refractivity contribution in [2.45, 2.75) is 47.5 Å². The molecule has 6 aliphatic rings. The Morgan fingerprint density at radius 3 is 1.74 bits per heavy atom. The molecule has 2 aromatic heterocycles. The highest BCUT2D eigenvalue weighted by Gasteiger charge is 2.64. The Morgan fingerprint density at radius 1 is 0.581 bits per heavy atom. The highest BCUT2D eigenvalue weighted by molar-refractivity contribution is 6.15. The van der Waals surface area contributed by atoms with Gasteiger partial charge in [0.15, 0.2) is 0 Å². The average molecular weight is 415 g/mol. The third-order valence-corrected chi connectivity index (χ3v) is 5.48. The number of rotatable bonds is 0. The van der Waals surface area contributed by atoms with Gasteiger partial charge in [0.05, 0.1) is 0 Å². The van der Waals surface area contributed by atoms with Gasteiger partial charge in [-0.1, -0.05) is 56.5 Å². The quantitative estimate of drug-likeness (QED) is 0.595. The molecule has 156 valence electrons. The SMILES string of the molecule is C1=CC2=[N+]3C1=NC1=[N+]4C(=Nc5ccc6n5C43n3c(ccc3=N6)=N2)C=C1.CC.CC.CC. The lowest BCUT2D eigenvalue weighted by Crippen LogP contribution is -2.71. The van der Waals surface area contributed by atoms with Crippen molar-refractivity contribution < 1.29 is 9.15 Å². The van der Waals surface area contributed by atoms with Crippen molar-refractivity contribution in [2.75, 3.05) is 0 Å². The standard InChI is InChI=1S/C17H8N8.3C2H6/c1-2-10-19-12-5-6-14-21-16-8-7-15-20-13-4-3-11-18-9(1)22(10)17(23(11)13,24(12)14)25(15)16;3*1-2/h1-8H;3*1-2H3/q+2;;;. The van der Waals surface area contributed by atoms with Crippen LogP contribution in [0.25, 0.3) is 0 Å². The molecule has 0 N–H and O–H groups in total. The van der Waals surface area contributed by atoms with Crippen molar-refractivity contribution >= 4 is 35.0 Å². The van der Waals surface area contributed by atoms with E-state index in [2.05, 4.69) is 18.3 Å². The first kappa shape index (κ1) is 19.3. The lowest BCUT2D eigenvalue weighted by molar-refractivity contribution is -0.791. The van der Waals surface area contributed by atoms with E-state index in [9.17, 15) is 0 Å². The predicted molar refractivity (Wildman–Crippen MR) is 122 cm³/mol. The minimum absolute atomic E-state index is 0.683. The van der Waals surface area contributed by atoms with Crippen LogP contribution in [0.3, 0.4) is 0 Å². The summed E-state index contributed by atoms with van der Waals surface area (Å²) in [4.78, 5) is 19.3. The molecule has 0 saturated heterocycles. The van der Waals surface area contributed by atoms with Gasteiger partial charge in [0.2, 0.25) is 11.3 Å². The van der Waals surface area contributed by atoms with Gasteiger partial charge in [-0.2, -0.15) is 0 Å². The van der Waals surface area contributed by atoms with E-state index in [0.717, 1.165) is 46.0 Å². The van der Waals surface area contributed by atoms with Gasteiger partial charge in [-0.3, -0.25) is 0 Å². The summed E-state index contributed by atoms with van der Waals surface area (Å²) in [6.07, 6.45) is 8.10. The Hall–Kier alpha value is -3.68. The summed E-state index contributed by atoms with van der Waals surface area (Å²) in [7, 11) is 0. The van der Waals surface area contributed by atoms with Gasteiger partial charge in [-0.25, -0.2) is 14.1 Å². The third-order valence-electron chi connectivity index (χ3n) is 5.48. The van der Waals surface area contributed by atoms with Crippen molar-refractivity contribution in [2.24, 2.45) is 20.0 Å². The molecule has 0 saturated carbocycles. The fourth-order valence-electron chi connectivity index (χ4n) is 4.66. The summed E-state index contributed by atoms with van der Waals surface area (Å²) in [5.74, 6) is 4.63. The smallest absolute Gasteiger partial charge is 0.212 e. The summed E-state index contributed by atoms with van der Waals surface area (Å²) in [6, 6.07) is 8.10. The third kappa shape index (κ3) is 2.00. The van der Waals surface area contributed by atoms with Gasteiger partial charge in [-0.15, -0.1) is 9.15 Å². The Bertz CT molecular complexity index is 1430. The van der Waals surface area contributed by atoms with E-state index >= 15 is 0 Å². The Labute approximate surface area is 180 Å². The van der Waals surface area contributed by atoms with Gasteiger partial charge < -0.3 is 0 Å². The zero-order valence-electron chi connectivity index (χ0n) is 18.7. The number of amidine groups is 4. The van der Waals surface area contributed by atoms with Crippen molar-refractivity contribution in [1.82, 2.24) is 9.13 Å². The number of hydrogen-bond acceptors (Lipinski definition) is 4. The molecule has 1 atom stereocenters. The Morgan fingerprint density at radius 2 is 1.10 bits per heavy atom. The molecule has 8 heteroatoms. The average Bonchev–Trinajstić information content (AvgIpc) is 3.62. The lowest BCUT2D eigenvalue weighted by Gasteiger charge is -2.41. The van der Waals surface area contributed by atoms with E-state index in [4.69, 9.17) is 20.0 Å². The van der Waals surface area contributed by atoms with Gasteiger partial charge in [0, 0.05) is 36.4 Å². The first-order valence-electron chi connectivity index (χ1n) is 11.1. The predicted octanol–water partition coefficient (Wildman–Crippen LogP) is 2.80. The fourth-order valence-corrected chi connectivity index (χ4v) is 4.66. The maximum Gasteiger partial charge on any atom is 0.402 e. The maximum absolute atomic E-state index is 4.82. The molecule has 8 rings (SSSR count). The van der Waals surface area contributed by atoms with Gasteiger partial charge >= 0.3 is 5.91 Å². The highest BCUT2D eigenvalue weighted by Crippen LogP contribution is 2.43. The van der Waals surface area contributed by atoms with E-state index in [-0.39, 0.29) is 0 Å². The molecular weight excluding hydrogens is 388 g/mol. The second kappa shape index (κ2) is 6.66. The van der Waals surface area contributed by atoms with E-state index < -0.39 is 5.91 Å². The molecular formula is C23H26N8+2. The van der Waals surface area contributed by atoms with Crippen LogP contribution < -0.4 is 11.0 Å². The van der Waals surface area contributed by atoms with E-state index in [1.54, 1.807) is 0 Å². The first-order chi connectivity index (χ1) is 15.4. The van der Waals surface area contributed by atoms with Crippen molar-refractivity contribution in [3.63, 3.8) is 0 Å². The molecule has 8 heterocycles. The van der Waals surface area contributed by atoms with Crippen LogP contribution in [0.2, 0.25) is 0 Å². The zero-order chi connectivity index (χ0) is 21.9. The minimum Gasteiger partial charge on any atom is -0.212 e. The second-order valence-corrected chi connectivity index (χ2v) is 6.59. The van der Waals surface area contributed by atoms with Crippen LogP contribution in [-0.4, -0.2) is 41.6 Å². The van der Waals surface area contributed by atoms with Crippen LogP contribution in [0.15, 0.2) is 68.5 Å². The van der Waals surface area contributed by atoms with Crippen molar-refractivity contribution in [1.29, 1.82) is 0 Å². The van der Waals surface area contributed by atoms with Crippen LogP contribution in [0.1, 0.15) is 41.5 Å². The summed E-state index contributed by atoms with van der Waals surface area (Å²) in [5, 5.41) is 0. The van der Waals surface area contributed by atoms with Gasteiger partial charge in [0.25, 0.3) is 23.3 Å². The Kier molecular flexibility index (Phi) is 4.15. The highest BCUT2D eigenvalue weighted by atomic mass is 15.7. The molecule has 6 aliphatic heterocycles. The molecule has 0 bridgehead atoms. The molecule has 0 radical (unpaired) electrons. The number of aromatic nitrogens is 2. The summed E-state index contributed by atoms with van der Waals surface area (Å²) < 4.78 is 8.71. The van der Waals surface area contributed by atoms with Crippen LogP contribution in [0.5, 0.6) is 0 Å². The monoisotopic (exact) mass is 414 g/mol. The normalized spacial score (nSPS) is 22.4. The molecule has 8 nitrogen and oxygen atoms in total. The molecule has 1 unspecified atom stereocenters. The molecule has 2 aromatic rings. The summed E-state index contributed by atoms with van der Waals surface area (Å²) >= 11 is 0. The van der Waals surface area contributed by atoms with Gasteiger partial charge in [0.1, 0.15) is 11.3 Å². The molecule has 0 fully saturated rings. The van der Waals surface area contributed by atoms with E-state index in [1.165, 1.54) is 0 Å². The van der Waals surface area contributed by atoms with Crippen molar-refractivity contribution in [3.05, 3.63) is 59.5 Å². The van der Waals surface area contributed by atoms with Crippen LogP contribution in [-0.2, 0) is 5.91 Å². The molecule has 0 aromatic carbocycles. The fraction of sp³-hybridized carbons (Fsp3) is 0.304. The molecule has 31 heavy (non-hydrogen) atoms. The topological polar surface area (TPSA) is 65.3 Å². The van der Waals surface area contributed by atoms with Crippen LogP contribution in [0, 0.1) is 0 Å². The van der Waals surface area contributed by atoms with Gasteiger partial charge in [-0.05, 0) is 12.1 Å². The van der Waals surface area contributed by atoms with E-state index in [1.807, 2.05) is 90.1 Å². The zero-order valence-corrected chi connectivity index (χ0v) is 18.7. The Balaban J connectivity index is 0.000000317. The first-order valence-corrected chi connectivity index (χ1v) is 11.1. The van der Waals surface area contributed by atoms with Crippen LogP contribution >= 0.6 is 0 Å². The molecule has 0 amide bonds. The number of nitrogens with zero attached hydrogens (tertiary/aromatic N) is 8. The molecule has 1 spiro atoms. The maximum atomic E-state index is 4.82. The summed E-state index contributed by atoms with van der Waals surface area (Å²) in [5.41, 5.74) is 1.77. The molecule has 0 aliphatic carbocycles. The number of hydrogen-bond donors (Lipinski definition) is 0. The lowest BCUT2D eigenvalue weighted by atomic mass is 10.3. The second-order valence-electron chi connectivity index (χ2n) is 6.59. The largest absolute Gasteiger partial charge is 0.402 e. The minimum atomic E-state index is -0.683. The summed E-state index contributed by atoms with van der Waals surface area (Å²) in [6.45, 7) is 12.0. The van der Waals surface area contributed by atoms with Crippen LogP contribution in [0.4, 0.5) is 11.6 Å². The number of aliphatic imine (C=N–C) groups is 2.